The number of hydrogen-bond donors (Lipinski definition) is 0. The molecule has 2 nitrogen and oxygen atoms in total. The average molecular weight is 250 g/mol. The van der Waals surface area contributed by atoms with E-state index in [0.717, 1.165) is 6.04 Å². The van der Waals surface area contributed by atoms with Crippen molar-refractivity contribution >= 4 is 14.6 Å². The summed E-state index contributed by atoms with van der Waals surface area (Å²) in [6.45, 7) is 7.59. The Morgan fingerprint density at radius 2 is 1.59 bits per heavy atom. The van der Waals surface area contributed by atoms with Crippen molar-refractivity contribution in [1.82, 2.24) is 0 Å². The summed E-state index contributed by atoms with van der Waals surface area (Å²) in [5, 5.41) is 0. The Kier molecular flexibility index (Phi) is 6.19. The van der Waals surface area contributed by atoms with Gasteiger partial charge in [0, 0.05) is 13.2 Å². The third-order valence-electron chi connectivity index (χ3n) is 2.60. The second kappa shape index (κ2) is 7.43. The molecule has 0 unspecified atom stereocenters. The highest BCUT2D eigenvalue weighted by atomic mass is 28.4. The molecule has 0 aliphatic rings. The largest absolute Gasteiger partial charge is 0.392 e. The van der Waals surface area contributed by atoms with Crippen LogP contribution < -0.4 is 0 Å². The molecule has 94 valence electrons. The smallest absolute Gasteiger partial charge is 0.364 e. The summed E-state index contributed by atoms with van der Waals surface area (Å²) in [6, 6.07) is 11.2. The monoisotopic (exact) mass is 250 g/mol. The van der Waals surface area contributed by atoms with Crippen LogP contribution in [0.3, 0.4) is 0 Å². The van der Waals surface area contributed by atoms with Crippen molar-refractivity contribution in [3.8, 4) is 0 Å². The van der Waals surface area contributed by atoms with Crippen molar-refractivity contribution in [2.75, 3.05) is 13.2 Å². The third-order valence-corrected chi connectivity index (χ3v) is 5.81. The molecule has 0 aliphatic heterocycles. The predicted molar refractivity (Wildman–Crippen MR) is 75.0 cm³/mol. The lowest BCUT2D eigenvalue weighted by Crippen LogP contribution is -2.39. The standard InChI is InChI=1S/C14H22O2Si/c1-4-15-17(6-3,16-5-2)13-12-14-10-8-7-9-11-14/h7-13H,4-6H2,1-3H3/b13-12+. The van der Waals surface area contributed by atoms with Crippen LogP contribution in [0.2, 0.25) is 6.04 Å². The molecule has 0 atom stereocenters. The molecule has 0 heterocycles. The molecule has 0 amide bonds. The zero-order valence-electron chi connectivity index (χ0n) is 11.0. The quantitative estimate of drug-likeness (QED) is 0.686. The number of rotatable bonds is 7. The van der Waals surface area contributed by atoms with Crippen LogP contribution in [0.5, 0.6) is 0 Å². The van der Waals surface area contributed by atoms with Gasteiger partial charge in [-0.1, -0.05) is 43.3 Å². The van der Waals surface area contributed by atoms with E-state index in [4.69, 9.17) is 8.85 Å². The van der Waals surface area contributed by atoms with Crippen LogP contribution in [0.15, 0.2) is 36.0 Å². The molecule has 0 N–H and O–H groups in total. The topological polar surface area (TPSA) is 18.5 Å². The van der Waals surface area contributed by atoms with Gasteiger partial charge in [-0.25, -0.2) is 0 Å². The Hall–Kier alpha value is -0.903. The Balaban J connectivity index is 2.81. The molecule has 17 heavy (non-hydrogen) atoms. The van der Waals surface area contributed by atoms with Crippen LogP contribution in [-0.2, 0) is 8.85 Å². The van der Waals surface area contributed by atoms with Gasteiger partial charge in [-0.15, -0.1) is 0 Å². The molecule has 0 aromatic heterocycles. The maximum Gasteiger partial charge on any atom is 0.364 e. The normalized spacial score (nSPS) is 12.2. The fourth-order valence-corrected chi connectivity index (χ4v) is 4.08. The lowest BCUT2D eigenvalue weighted by atomic mass is 10.2. The van der Waals surface area contributed by atoms with E-state index in [9.17, 15) is 0 Å². The molecule has 0 bridgehead atoms. The van der Waals surface area contributed by atoms with Crippen molar-refractivity contribution in [1.29, 1.82) is 0 Å². The first-order chi connectivity index (χ1) is 8.26. The first-order valence-electron chi connectivity index (χ1n) is 6.28. The van der Waals surface area contributed by atoms with E-state index in [2.05, 4.69) is 30.8 Å². The molecule has 1 aromatic rings. The van der Waals surface area contributed by atoms with Gasteiger partial charge in [0.15, 0.2) is 0 Å². The van der Waals surface area contributed by atoms with Gasteiger partial charge in [-0.2, -0.15) is 0 Å². The summed E-state index contributed by atoms with van der Waals surface area (Å²) in [7, 11) is -2.13. The van der Waals surface area contributed by atoms with Gasteiger partial charge in [0.2, 0.25) is 0 Å². The first kappa shape index (κ1) is 14.2. The second-order valence-electron chi connectivity index (χ2n) is 3.78. The van der Waals surface area contributed by atoms with Gasteiger partial charge in [-0.05, 0) is 31.2 Å². The molecule has 0 radical (unpaired) electrons. The van der Waals surface area contributed by atoms with Gasteiger partial charge < -0.3 is 8.85 Å². The van der Waals surface area contributed by atoms with E-state index in [1.54, 1.807) is 0 Å². The zero-order chi connectivity index (χ0) is 12.6. The van der Waals surface area contributed by atoms with Crippen LogP contribution in [0.4, 0.5) is 0 Å². The molecule has 0 aliphatic carbocycles. The molecular weight excluding hydrogens is 228 g/mol. The van der Waals surface area contributed by atoms with Crippen molar-refractivity contribution in [2.45, 2.75) is 26.8 Å². The van der Waals surface area contributed by atoms with E-state index >= 15 is 0 Å². The highest BCUT2D eigenvalue weighted by Crippen LogP contribution is 2.17. The van der Waals surface area contributed by atoms with Crippen molar-refractivity contribution in [3.05, 3.63) is 41.6 Å². The highest BCUT2D eigenvalue weighted by molar-refractivity contribution is 6.73. The van der Waals surface area contributed by atoms with E-state index < -0.39 is 8.56 Å². The van der Waals surface area contributed by atoms with Crippen molar-refractivity contribution in [2.24, 2.45) is 0 Å². The van der Waals surface area contributed by atoms with E-state index in [1.165, 1.54) is 5.56 Å². The van der Waals surface area contributed by atoms with Gasteiger partial charge in [0.05, 0.1) is 0 Å². The van der Waals surface area contributed by atoms with Gasteiger partial charge >= 0.3 is 8.56 Å². The minimum absolute atomic E-state index is 0.708. The highest BCUT2D eigenvalue weighted by Gasteiger charge is 2.31. The van der Waals surface area contributed by atoms with E-state index in [1.807, 2.05) is 32.0 Å². The van der Waals surface area contributed by atoms with Gasteiger partial charge in [0.1, 0.15) is 0 Å². The van der Waals surface area contributed by atoms with Crippen LogP contribution in [-0.4, -0.2) is 21.8 Å². The minimum Gasteiger partial charge on any atom is -0.392 e. The molecule has 3 heteroatoms. The summed E-state index contributed by atoms with van der Waals surface area (Å²) in [5.41, 5.74) is 3.34. The van der Waals surface area contributed by atoms with Gasteiger partial charge in [-0.3, -0.25) is 0 Å². The number of hydrogen-bond acceptors (Lipinski definition) is 2. The van der Waals surface area contributed by atoms with Crippen molar-refractivity contribution in [3.63, 3.8) is 0 Å². The fourth-order valence-electron chi connectivity index (χ4n) is 1.74. The Morgan fingerprint density at radius 1 is 1.00 bits per heavy atom. The number of benzene rings is 1. The second-order valence-corrected chi connectivity index (χ2v) is 7.02. The maximum atomic E-state index is 5.87. The first-order valence-corrected chi connectivity index (χ1v) is 8.38. The molecule has 0 fully saturated rings. The minimum atomic E-state index is -2.13. The summed E-state index contributed by atoms with van der Waals surface area (Å²) >= 11 is 0. The van der Waals surface area contributed by atoms with E-state index in [-0.39, 0.29) is 0 Å². The zero-order valence-corrected chi connectivity index (χ0v) is 12.0. The summed E-state index contributed by atoms with van der Waals surface area (Å²) in [6.07, 6.45) is 2.11. The fraction of sp³-hybridized carbons (Fsp3) is 0.429. The Bertz CT molecular complexity index is 329. The maximum absolute atomic E-state index is 5.87. The summed E-state index contributed by atoms with van der Waals surface area (Å²) < 4.78 is 11.7. The van der Waals surface area contributed by atoms with Gasteiger partial charge in [0.25, 0.3) is 0 Å². The molecule has 0 spiro atoms. The lowest BCUT2D eigenvalue weighted by Gasteiger charge is -2.25. The van der Waals surface area contributed by atoms with Crippen molar-refractivity contribution < 1.29 is 8.85 Å². The van der Waals surface area contributed by atoms with Crippen LogP contribution in [0.1, 0.15) is 26.3 Å². The lowest BCUT2D eigenvalue weighted by molar-refractivity contribution is 0.196. The van der Waals surface area contributed by atoms with Crippen LogP contribution in [0.25, 0.3) is 6.08 Å². The third kappa shape index (κ3) is 4.46. The van der Waals surface area contributed by atoms with Crippen LogP contribution in [0, 0.1) is 0 Å². The van der Waals surface area contributed by atoms with E-state index in [0.29, 0.717) is 13.2 Å². The Labute approximate surface area is 106 Å². The SMILES string of the molecule is CCO[Si](/C=C/c1ccccc1)(CC)OCC. The predicted octanol–water partition coefficient (Wildman–Crippen LogP) is 3.77. The van der Waals surface area contributed by atoms with Crippen LogP contribution >= 0.6 is 0 Å². The molecule has 0 saturated heterocycles. The molecule has 0 saturated carbocycles. The summed E-state index contributed by atoms with van der Waals surface area (Å²) in [4.78, 5) is 0. The average Bonchev–Trinajstić information content (AvgIpc) is 2.38. The Morgan fingerprint density at radius 3 is 2.06 bits per heavy atom. The molecule has 1 rings (SSSR count). The summed E-state index contributed by atoms with van der Waals surface area (Å²) in [5.74, 6) is 0. The molecule has 1 aromatic carbocycles. The molecular formula is C14H22O2Si.